The molecule has 0 radical (unpaired) electrons. The highest BCUT2D eigenvalue weighted by Crippen LogP contribution is 2.12. The molecule has 0 saturated heterocycles. The maximum Gasteiger partial charge on any atom is 0.254 e. The lowest BCUT2D eigenvalue weighted by Crippen LogP contribution is -2.26. The number of hydrogen-bond acceptors (Lipinski definition) is 2. The van der Waals surface area contributed by atoms with Crippen LogP contribution in [0.2, 0.25) is 0 Å². The zero-order chi connectivity index (χ0) is 15.1. The highest BCUT2D eigenvalue weighted by atomic mass is 19.1. The highest BCUT2D eigenvalue weighted by molar-refractivity contribution is 5.94. The van der Waals surface area contributed by atoms with Crippen molar-refractivity contribution in [3.8, 4) is 5.75 Å². The standard InChI is InChI=1S/C17H18FNO2/c1-2-21-14-9-7-13(8-10-14)11-12-19-17(20)15-5-3-4-6-16(15)18/h3-10H,2,11-12H2,1H3,(H,19,20). The van der Waals surface area contributed by atoms with Gasteiger partial charge >= 0.3 is 0 Å². The van der Waals surface area contributed by atoms with E-state index in [2.05, 4.69) is 5.32 Å². The molecule has 1 amide bonds. The van der Waals surface area contributed by atoms with Crippen LogP contribution in [-0.2, 0) is 6.42 Å². The molecule has 0 aliphatic carbocycles. The van der Waals surface area contributed by atoms with Crippen molar-refractivity contribution in [3.05, 3.63) is 65.5 Å². The first-order valence-electron chi connectivity index (χ1n) is 6.95. The molecule has 0 fully saturated rings. The van der Waals surface area contributed by atoms with Crippen LogP contribution in [0.25, 0.3) is 0 Å². The SMILES string of the molecule is CCOc1ccc(CCNC(=O)c2ccccc2F)cc1. The van der Waals surface area contributed by atoms with E-state index in [1.807, 2.05) is 31.2 Å². The lowest BCUT2D eigenvalue weighted by Gasteiger charge is -2.07. The van der Waals surface area contributed by atoms with Gasteiger partial charge < -0.3 is 10.1 Å². The Bertz CT molecular complexity index is 596. The molecule has 0 aromatic heterocycles. The molecule has 110 valence electrons. The Labute approximate surface area is 123 Å². The van der Waals surface area contributed by atoms with Crippen LogP contribution in [-0.4, -0.2) is 19.1 Å². The molecule has 1 N–H and O–H groups in total. The number of carbonyl (C=O) groups excluding carboxylic acids is 1. The van der Waals surface area contributed by atoms with E-state index in [1.165, 1.54) is 12.1 Å². The lowest BCUT2D eigenvalue weighted by molar-refractivity contribution is 0.0950. The number of ether oxygens (including phenoxy) is 1. The molecule has 0 unspecified atom stereocenters. The van der Waals surface area contributed by atoms with Gasteiger partial charge in [-0.2, -0.15) is 0 Å². The number of benzene rings is 2. The van der Waals surface area contributed by atoms with Gasteiger partial charge in [0, 0.05) is 6.54 Å². The Hall–Kier alpha value is -2.36. The zero-order valence-corrected chi connectivity index (χ0v) is 11.9. The summed E-state index contributed by atoms with van der Waals surface area (Å²) in [7, 11) is 0. The van der Waals surface area contributed by atoms with E-state index >= 15 is 0 Å². The topological polar surface area (TPSA) is 38.3 Å². The highest BCUT2D eigenvalue weighted by Gasteiger charge is 2.09. The van der Waals surface area contributed by atoms with Gasteiger partial charge in [0.1, 0.15) is 11.6 Å². The molecule has 0 heterocycles. The number of rotatable bonds is 6. The third kappa shape index (κ3) is 4.31. The molecule has 4 heteroatoms. The molecule has 0 saturated carbocycles. The Morgan fingerprint density at radius 2 is 1.86 bits per heavy atom. The maximum atomic E-state index is 13.4. The first kappa shape index (κ1) is 15.0. The quantitative estimate of drug-likeness (QED) is 0.886. The molecule has 0 aliphatic heterocycles. The fraction of sp³-hybridized carbons (Fsp3) is 0.235. The van der Waals surface area contributed by atoms with E-state index in [0.29, 0.717) is 19.6 Å². The van der Waals surface area contributed by atoms with Crippen molar-refractivity contribution in [1.82, 2.24) is 5.32 Å². The van der Waals surface area contributed by atoms with Crippen LogP contribution in [0.15, 0.2) is 48.5 Å². The fourth-order valence-electron chi connectivity index (χ4n) is 1.98. The average Bonchev–Trinajstić information content (AvgIpc) is 2.49. The van der Waals surface area contributed by atoms with Crippen LogP contribution in [0, 0.1) is 5.82 Å². The summed E-state index contributed by atoms with van der Waals surface area (Å²) in [5.74, 6) is -0.0632. The summed E-state index contributed by atoms with van der Waals surface area (Å²) in [4.78, 5) is 11.8. The van der Waals surface area contributed by atoms with Crippen LogP contribution in [0.4, 0.5) is 4.39 Å². The minimum atomic E-state index is -0.504. The van der Waals surface area contributed by atoms with Gasteiger partial charge in [0.05, 0.1) is 12.2 Å². The van der Waals surface area contributed by atoms with Crippen molar-refractivity contribution >= 4 is 5.91 Å². The van der Waals surface area contributed by atoms with Crippen LogP contribution in [0.5, 0.6) is 5.75 Å². The zero-order valence-electron chi connectivity index (χ0n) is 11.9. The summed E-state index contributed by atoms with van der Waals surface area (Å²) in [6.45, 7) is 3.03. The molecular formula is C17H18FNO2. The lowest BCUT2D eigenvalue weighted by atomic mass is 10.1. The van der Waals surface area contributed by atoms with Crippen LogP contribution in [0.3, 0.4) is 0 Å². The number of nitrogens with one attached hydrogen (secondary N) is 1. The second kappa shape index (κ2) is 7.43. The van der Waals surface area contributed by atoms with E-state index in [1.54, 1.807) is 12.1 Å². The third-order valence-corrected chi connectivity index (χ3v) is 3.05. The molecular weight excluding hydrogens is 269 g/mol. The molecule has 21 heavy (non-hydrogen) atoms. The summed E-state index contributed by atoms with van der Waals surface area (Å²) in [5.41, 5.74) is 1.16. The van der Waals surface area contributed by atoms with E-state index in [-0.39, 0.29) is 11.5 Å². The summed E-state index contributed by atoms with van der Waals surface area (Å²) in [5, 5.41) is 2.72. The van der Waals surface area contributed by atoms with E-state index in [0.717, 1.165) is 11.3 Å². The Balaban J connectivity index is 1.84. The van der Waals surface area contributed by atoms with E-state index < -0.39 is 5.82 Å². The normalized spacial score (nSPS) is 10.2. The number of hydrogen-bond donors (Lipinski definition) is 1. The van der Waals surface area contributed by atoms with Gasteiger partial charge in [-0.1, -0.05) is 24.3 Å². The van der Waals surface area contributed by atoms with Gasteiger partial charge in [0.2, 0.25) is 0 Å². The van der Waals surface area contributed by atoms with Crippen LogP contribution >= 0.6 is 0 Å². The van der Waals surface area contributed by atoms with Crippen LogP contribution < -0.4 is 10.1 Å². The molecule has 0 aliphatic rings. The molecule has 0 atom stereocenters. The minimum Gasteiger partial charge on any atom is -0.494 e. The Morgan fingerprint density at radius 3 is 2.52 bits per heavy atom. The first-order valence-corrected chi connectivity index (χ1v) is 6.95. The monoisotopic (exact) mass is 287 g/mol. The molecule has 0 spiro atoms. The van der Waals surface area contributed by atoms with Gasteiger partial charge in [0.25, 0.3) is 5.91 Å². The van der Waals surface area contributed by atoms with Crippen molar-refractivity contribution in [3.63, 3.8) is 0 Å². The second-order valence-corrected chi connectivity index (χ2v) is 4.56. The Kier molecular flexibility index (Phi) is 5.32. The van der Waals surface area contributed by atoms with Gasteiger partial charge in [-0.25, -0.2) is 4.39 Å². The average molecular weight is 287 g/mol. The minimum absolute atomic E-state index is 0.0733. The first-order chi connectivity index (χ1) is 10.2. The van der Waals surface area contributed by atoms with Crippen molar-refractivity contribution in [2.45, 2.75) is 13.3 Å². The second-order valence-electron chi connectivity index (χ2n) is 4.56. The van der Waals surface area contributed by atoms with Crippen molar-refractivity contribution in [2.24, 2.45) is 0 Å². The van der Waals surface area contributed by atoms with E-state index in [4.69, 9.17) is 4.74 Å². The third-order valence-electron chi connectivity index (χ3n) is 3.05. The van der Waals surface area contributed by atoms with Gasteiger partial charge in [0.15, 0.2) is 0 Å². The number of amides is 1. The van der Waals surface area contributed by atoms with Crippen molar-refractivity contribution in [2.75, 3.05) is 13.2 Å². The number of carbonyl (C=O) groups is 1. The molecule has 2 aromatic carbocycles. The van der Waals surface area contributed by atoms with Crippen LogP contribution in [0.1, 0.15) is 22.8 Å². The molecule has 3 nitrogen and oxygen atoms in total. The Morgan fingerprint density at radius 1 is 1.14 bits per heavy atom. The predicted molar refractivity (Wildman–Crippen MR) is 80.0 cm³/mol. The van der Waals surface area contributed by atoms with Crippen molar-refractivity contribution < 1.29 is 13.9 Å². The molecule has 2 rings (SSSR count). The van der Waals surface area contributed by atoms with Gasteiger partial charge in [-0.3, -0.25) is 4.79 Å². The fourth-order valence-corrected chi connectivity index (χ4v) is 1.98. The molecule has 2 aromatic rings. The molecule has 0 bridgehead atoms. The van der Waals surface area contributed by atoms with Crippen molar-refractivity contribution in [1.29, 1.82) is 0 Å². The predicted octanol–water partition coefficient (Wildman–Crippen LogP) is 3.20. The summed E-state index contributed by atoms with van der Waals surface area (Å²) >= 11 is 0. The van der Waals surface area contributed by atoms with Gasteiger partial charge in [-0.05, 0) is 43.2 Å². The van der Waals surface area contributed by atoms with Gasteiger partial charge in [-0.15, -0.1) is 0 Å². The largest absolute Gasteiger partial charge is 0.494 e. The number of halogens is 1. The summed E-state index contributed by atoms with van der Waals surface area (Å²) < 4.78 is 18.8. The van der Waals surface area contributed by atoms with E-state index in [9.17, 15) is 9.18 Å². The maximum absolute atomic E-state index is 13.4. The summed E-state index contributed by atoms with van der Waals surface area (Å²) in [6, 6.07) is 13.7. The summed E-state index contributed by atoms with van der Waals surface area (Å²) in [6.07, 6.45) is 0.687. The smallest absolute Gasteiger partial charge is 0.254 e.